The molecule has 0 fully saturated rings. The van der Waals surface area contributed by atoms with E-state index in [0.29, 0.717) is 12.6 Å². The fourth-order valence-corrected chi connectivity index (χ4v) is 3.02. The Morgan fingerprint density at radius 3 is 3.23 bits per heavy atom. The van der Waals surface area contributed by atoms with Crippen molar-refractivity contribution in [1.29, 1.82) is 0 Å². The van der Waals surface area contributed by atoms with Crippen molar-refractivity contribution in [3.63, 3.8) is 0 Å². The van der Waals surface area contributed by atoms with E-state index in [-0.39, 0.29) is 5.82 Å². The highest BCUT2D eigenvalue weighted by Crippen LogP contribution is 2.19. The molecule has 1 N–H and O–H groups in total. The van der Waals surface area contributed by atoms with E-state index in [1.54, 1.807) is 18.6 Å². The van der Waals surface area contributed by atoms with Gasteiger partial charge in [-0.15, -0.1) is 0 Å². The van der Waals surface area contributed by atoms with Crippen molar-refractivity contribution in [3.05, 3.63) is 54.0 Å². The summed E-state index contributed by atoms with van der Waals surface area (Å²) in [6.07, 6.45) is 5.27. The van der Waals surface area contributed by atoms with Crippen LogP contribution in [0.25, 0.3) is 10.9 Å². The van der Waals surface area contributed by atoms with Crippen LogP contribution >= 0.6 is 0 Å². The molecule has 0 spiro atoms. The Kier molecular flexibility index (Phi) is 3.31. The Labute approximate surface area is 127 Å². The smallest absolute Gasteiger partial charge is 0.138 e. The lowest BCUT2D eigenvalue weighted by Gasteiger charge is -2.23. The molecule has 2 aromatic heterocycles. The number of hydrogen-bond donors (Lipinski definition) is 1. The zero-order valence-corrected chi connectivity index (χ0v) is 12.0. The number of rotatable bonds is 3. The molecule has 0 saturated heterocycles. The van der Waals surface area contributed by atoms with Crippen molar-refractivity contribution in [1.82, 2.24) is 25.1 Å². The molecule has 6 heteroatoms. The van der Waals surface area contributed by atoms with E-state index in [4.69, 9.17) is 0 Å². The average molecular weight is 297 g/mol. The molecule has 0 radical (unpaired) electrons. The van der Waals surface area contributed by atoms with Gasteiger partial charge in [0.2, 0.25) is 0 Å². The summed E-state index contributed by atoms with van der Waals surface area (Å²) in [5, 5.41) is 8.55. The van der Waals surface area contributed by atoms with Crippen LogP contribution in [-0.2, 0) is 19.5 Å². The highest BCUT2D eigenvalue weighted by atomic mass is 19.1. The van der Waals surface area contributed by atoms with Crippen molar-refractivity contribution < 1.29 is 4.39 Å². The molecule has 4 rings (SSSR count). The minimum atomic E-state index is -0.223. The van der Waals surface area contributed by atoms with Crippen molar-refractivity contribution in [2.45, 2.75) is 32.0 Å². The van der Waals surface area contributed by atoms with Crippen LogP contribution in [0.3, 0.4) is 0 Å². The molecular weight excluding hydrogens is 281 g/mol. The van der Waals surface area contributed by atoms with Crippen LogP contribution in [0.1, 0.15) is 17.8 Å². The van der Waals surface area contributed by atoms with E-state index in [0.717, 1.165) is 41.7 Å². The van der Waals surface area contributed by atoms with Gasteiger partial charge in [-0.2, -0.15) is 5.10 Å². The SMILES string of the molecule is Fc1cc(CN[C@@H]2CCc3ncnn3C2)c2ncccc2c1. The first-order chi connectivity index (χ1) is 10.8. The van der Waals surface area contributed by atoms with Gasteiger partial charge in [0, 0.05) is 30.6 Å². The first-order valence-corrected chi connectivity index (χ1v) is 7.43. The number of halogens is 1. The summed E-state index contributed by atoms with van der Waals surface area (Å²) in [4.78, 5) is 8.61. The van der Waals surface area contributed by atoms with E-state index in [9.17, 15) is 4.39 Å². The Morgan fingerprint density at radius 2 is 2.27 bits per heavy atom. The minimum absolute atomic E-state index is 0.223. The molecule has 112 valence electrons. The third kappa shape index (κ3) is 2.46. The fourth-order valence-electron chi connectivity index (χ4n) is 3.02. The maximum absolute atomic E-state index is 13.7. The zero-order chi connectivity index (χ0) is 14.9. The summed E-state index contributed by atoms with van der Waals surface area (Å²) < 4.78 is 15.7. The normalized spacial score (nSPS) is 17.6. The maximum atomic E-state index is 13.7. The van der Waals surface area contributed by atoms with Gasteiger partial charge >= 0.3 is 0 Å². The summed E-state index contributed by atoms with van der Waals surface area (Å²) >= 11 is 0. The van der Waals surface area contributed by atoms with Crippen LogP contribution in [0.2, 0.25) is 0 Å². The number of fused-ring (bicyclic) bond motifs is 2. The second-order valence-electron chi connectivity index (χ2n) is 5.61. The Morgan fingerprint density at radius 1 is 1.32 bits per heavy atom. The van der Waals surface area contributed by atoms with E-state index in [1.165, 1.54) is 6.07 Å². The quantitative estimate of drug-likeness (QED) is 0.804. The van der Waals surface area contributed by atoms with E-state index in [1.807, 2.05) is 16.8 Å². The second kappa shape index (κ2) is 5.46. The third-order valence-electron chi connectivity index (χ3n) is 4.14. The molecule has 0 saturated carbocycles. The lowest BCUT2D eigenvalue weighted by atomic mass is 10.1. The summed E-state index contributed by atoms with van der Waals surface area (Å²) in [7, 11) is 0. The Hall–Kier alpha value is -2.34. The van der Waals surface area contributed by atoms with Crippen LogP contribution in [0, 0.1) is 5.82 Å². The van der Waals surface area contributed by atoms with Gasteiger partial charge < -0.3 is 5.32 Å². The first-order valence-electron chi connectivity index (χ1n) is 7.43. The van der Waals surface area contributed by atoms with Crippen molar-refractivity contribution in [2.75, 3.05) is 0 Å². The van der Waals surface area contributed by atoms with Crippen molar-refractivity contribution in [3.8, 4) is 0 Å². The lowest BCUT2D eigenvalue weighted by molar-refractivity contribution is 0.358. The van der Waals surface area contributed by atoms with Gasteiger partial charge in [-0.1, -0.05) is 6.07 Å². The average Bonchev–Trinajstić information content (AvgIpc) is 3.00. The van der Waals surface area contributed by atoms with Crippen molar-refractivity contribution >= 4 is 10.9 Å². The van der Waals surface area contributed by atoms with Gasteiger partial charge in [0.1, 0.15) is 18.0 Å². The molecule has 1 aromatic carbocycles. The summed E-state index contributed by atoms with van der Waals surface area (Å²) in [5.74, 6) is 0.815. The molecule has 3 aromatic rings. The van der Waals surface area contributed by atoms with Crippen LogP contribution in [0.15, 0.2) is 36.8 Å². The molecule has 3 heterocycles. The number of aryl methyl sites for hydroxylation is 1. The Bertz CT molecular complexity index is 813. The first kappa shape index (κ1) is 13.3. The van der Waals surface area contributed by atoms with Gasteiger partial charge in [0.15, 0.2) is 0 Å². The van der Waals surface area contributed by atoms with Crippen molar-refractivity contribution in [2.24, 2.45) is 0 Å². The summed E-state index contributed by atoms with van der Waals surface area (Å²) in [5.41, 5.74) is 1.74. The van der Waals surface area contributed by atoms with Gasteiger partial charge in [-0.3, -0.25) is 4.98 Å². The number of hydrogen-bond acceptors (Lipinski definition) is 4. The molecular formula is C16H16FN5. The summed E-state index contributed by atoms with van der Waals surface area (Å²) in [6.45, 7) is 1.40. The molecule has 1 aliphatic heterocycles. The van der Waals surface area contributed by atoms with E-state index < -0.39 is 0 Å². The fraction of sp³-hybridized carbons (Fsp3) is 0.312. The molecule has 0 aliphatic carbocycles. The number of benzene rings is 1. The topological polar surface area (TPSA) is 55.6 Å². The molecule has 0 unspecified atom stereocenters. The monoisotopic (exact) mass is 297 g/mol. The lowest BCUT2D eigenvalue weighted by Crippen LogP contribution is -2.37. The number of aromatic nitrogens is 4. The zero-order valence-electron chi connectivity index (χ0n) is 12.0. The molecule has 1 atom stereocenters. The second-order valence-corrected chi connectivity index (χ2v) is 5.61. The molecule has 0 bridgehead atoms. The molecule has 1 aliphatic rings. The predicted octanol–water partition coefficient (Wildman–Crippen LogP) is 2.07. The van der Waals surface area contributed by atoms with Gasteiger partial charge in [-0.05, 0) is 30.2 Å². The molecule has 22 heavy (non-hydrogen) atoms. The minimum Gasteiger partial charge on any atom is -0.308 e. The number of nitrogens with one attached hydrogen (secondary N) is 1. The van der Waals surface area contributed by atoms with E-state index >= 15 is 0 Å². The molecule has 0 amide bonds. The number of nitrogens with zero attached hydrogens (tertiary/aromatic N) is 4. The Balaban J connectivity index is 1.53. The van der Waals surface area contributed by atoms with Gasteiger partial charge in [0.05, 0.1) is 12.1 Å². The predicted molar refractivity (Wildman–Crippen MR) is 80.7 cm³/mol. The van der Waals surface area contributed by atoms with Crippen LogP contribution in [0.4, 0.5) is 4.39 Å². The van der Waals surface area contributed by atoms with Crippen LogP contribution < -0.4 is 5.32 Å². The third-order valence-corrected chi connectivity index (χ3v) is 4.14. The van der Waals surface area contributed by atoms with Gasteiger partial charge in [0.25, 0.3) is 0 Å². The van der Waals surface area contributed by atoms with Gasteiger partial charge in [-0.25, -0.2) is 14.1 Å². The summed E-state index contributed by atoms with van der Waals surface area (Å²) in [6, 6.07) is 7.11. The highest BCUT2D eigenvalue weighted by Gasteiger charge is 2.19. The standard InChI is InChI=1S/C16H16FN5/c17-13-6-11-2-1-5-18-16(11)12(7-13)8-19-14-3-4-15-20-10-21-22(15)9-14/h1-2,5-7,10,14,19H,3-4,8-9H2/t14-/m1/s1. The van der Waals surface area contributed by atoms with Crippen LogP contribution in [0.5, 0.6) is 0 Å². The molecule has 5 nitrogen and oxygen atoms in total. The number of pyridine rings is 1. The van der Waals surface area contributed by atoms with Crippen LogP contribution in [-0.4, -0.2) is 25.8 Å². The van der Waals surface area contributed by atoms with E-state index in [2.05, 4.69) is 20.4 Å². The maximum Gasteiger partial charge on any atom is 0.138 e. The highest BCUT2D eigenvalue weighted by molar-refractivity contribution is 5.81. The largest absolute Gasteiger partial charge is 0.308 e.